The predicted octanol–water partition coefficient (Wildman–Crippen LogP) is 4.78. The fourth-order valence-corrected chi connectivity index (χ4v) is 3.57. The summed E-state index contributed by atoms with van der Waals surface area (Å²) in [4.78, 5) is 17.4. The van der Waals surface area contributed by atoms with Gasteiger partial charge in [0.15, 0.2) is 0 Å². The molecule has 2 aromatic carbocycles. The van der Waals surface area contributed by atoms with Gasteiger partial charge in [0.2, 0.25) is 11.9 Å². The number of fused-ring (bicyclic) bond motifs is 1. The Morgan fingerprint density at radius 2 is 1.76 bits per heavy atom. The van der Waals surface area contributed by atoms with Gasteiger partial charge in [-0.1, -0.05) is 18.2 Å². The number of aromatic nitrogens is 2. The largest absolute Gasteiger partial charge is 0.385 e. The number of rotatable bonds is 4. The zero-order valence-electron chi connectivity index (χ0n) is 17.8. The van der Waals surface area contributed by atoms with Crippen LogP contribution in [0.15, 0.2) is 36.4 Å². The fourth-order valence-electron chi connectivity index (χ4n) is 3.57. The summed E-state index contributed by atoms with van der Waals surface area (Å²) in [5.41, 5.74) is 2.11. The van der Waals surface area contributed by atoms with Crippen LogP contribution in [0, 0.1) is 19.7 Å². The summed E-state index contributed by atoms with van der Waals surface area (Å²) in [6, 6.07) is 10.00. The molecule has 0 fully saturated rings. The summed E-state index contributed by atoms with van der Waals surface area (Å²) in [5, 5.41) is 13.6. The number of aryl methyl sites for hydroxylation is 2. The molecule has 5 nitrogen and oxygen atoms in total. The minimum atomic E-state index is -1.64. The van der Waals surface area contributed by atoms with Crippen molar-refractivity contribution in [2.45, 2.75) is 59.1 Å². The Bertz CT molecular complexity index is 1080. The number of nitrogens with zero attached hydrogens (tertiary/aromatic N) is 2. The monoisotopic (exact) mass is 397 g/mol. The van der Waals surface area contributed by atoms with Crippen molar-refractivity contribution >= 4 is 22.9 Å². The van der Waals surface area contributed by atoms with Crippen LogP contribution in [-0.2, 0) is 15.9 Å². The molecule has 0 aliphatic rings. The average Bonchev–Trinajstić information content (AvgIpc) is 2.91. The van der Waals surface area contributed by atoms with Crippen molar-refractivity contribution in [3.05, 3.63) is 58.9 Å². The molecule has 2 N–H and O–H groups in total. The second-order valence-electron chi connectivity index (χ2n) is 8.85. The van der Waals surface area contributed by atoms with E-state index in [0.717, 1.165) is 22.2 Å². The Kier molecular flexibility index (Phi) is 5.26. The van der Waals surface area contributed by atoms with E-state index in [0.29, 0.717) is 5.95 Å². The van der Waals surface area contributed by atoms with Crippen molar-refractivity contribution in [3.8, 4) is 0 Å². The number of nitrogens with one attached hydrogen (secondary N) is 1. The number of carbonyl (C=O) groups is 1. The highest BCUT2D eigenvalue weighted by molar-refractivity contribution is 5.92. The lowest BCUT2D eigenvalue weighted by molar-refractivity contribution is -0.120. The van der Waals surface area contributed by atoms with Crippen molar-refractivity contribution < 1.29 is 14.3 Å². The quantitative estimate of drug-likeness (QED) is 0.666. The Morgan fingerprint density at radius 3 is 2.38 bits per heavy atom. The number of benzene rings is 2. The van der Waals surface area contributed by atoms with Crippen LogP contribution in [0.4, 0.5) is 10.3 Å². The Balaban J connectivity index is 1.95. The maximum absolute atomic E-state index is 14.1. The number of imidazole rings is 1. The van der Waals surface area contributed by atoms with Crippen LogP contribution in [0.1, 0.15) is 50.8 Å². The van der Waals surface area contributed by atoms with Crippen LogP contribution in [-0.4, -0.2) is 20.6 Å². The molecule has 0 saturated heterocycles. The molecule has 0 spiro atoms. The van der Waals surface area contributed by atoms with E-state index in [-0.39, 0.29) is 17.5 Å². The SMILES string of the molecule is Cc1cc2nc(NC(=O)C[C@](C)(O)c3ccccc3F)n(C(C)(C)C)c2cc1C. The highest BCUT2D eigenvalue weighted by atomic mass is 19.1. The Morgan fingerprint density at radius 1 is 1.14 bits per heavy atom. The second kappa shape index (κ2) is 7.26. The summed E-state index contributed by atoms with van der Waals surface area (Å²) in [6.07, 6.45) is -0.292. The van der Waals surface area contributed by atoms with Gasteiger partial charge in [0, 0.05) is 11.1 Å². The lowest BCUT2D eigenvalue weighted by Crippen LogP contribution is -2.31. The molecule has 1 heterocycles. The van der Waals surface area contributed by atoms with Gasteiger partial charge in [0.1, 0.15) is 5.82 Å². The molecule has 0 aliphatic heterocycles. The molecule has 0 saturated carbocycles. The van der Waals surface area contributed by atoms with Crippen molar-refractivity contribution in [1.29, 1.82) is 0 Å². The molecular formula is C23H28FN3O2. The number of halogens is 1. The third kappa shape index (κ3) is 4.17. The smallest absolute Gasteiger partial charge is 0.229 e. The van der Waals surface area contributed by atoms with Crippen LogP contribution in [0.3, 0.4) is 0 Å². The number of hydrogen-bond donors (Lipinski definition) is 2. The topological polar surface area (TPSA) is 67.2 Å². The van der Waals surface area contributed by atoms with Crippen molar-refractivity contribution in [3.63, 3.8) is 0 Å². The molecular weight excluding hydrogens is 369 g/mol. The third-order valence-corrected chi connectivity index (χ3v) is 5.15. The lowest BCUT2D eigenvalue weighted by atomic mass is 9.92. The normalized spacial score (nSPS) is 14.1. The minimum absolute atomic E-state index is 0.0886. The van der Waals surface area contributed by atoms with Gasteiger partial charge < -0.3 is 9.67 Å². The van der Waals surface area contributed by atoms with Gasteiger partial charge >= 0.3 is 0 Å². The Hall–Kier alpha value is -2.73. The first-order valence-corrected chi connectivity index (χ1v) is 9.67. The summed E-state index contributed by atoms with van der Waals surface area (Å²) in [6.45, 7) is 11.6. The van der Waals surface area contributed by atoms with E-state index in [1.165, 1.54) is 19.1 Å². The van der Waals surface area contributed by atoms with Crippen LogP contribution in [0.2, 0.25) is 0 Å². The van der Waals surface area contributed by atoms with Crippen LogP contribution in [0.25, 0.3) is 11.0 Å². The van der Waals surface area contributed by atoms with Gasteiger partial charge in [-0.3, -0.25) is 10.1 Å². The molecule has 154 valence electrons. The van der Waals surface area contributed by atoms with Crippen LogP contribution >= 0.6 is 0 Å². The first-order chi connectivity index (χ1) is 13.4. The predicted molar refractivity (Wildman–Crippen MR) is 113 cm³/mol. The Labute approximate surface area is 170 Å². The van der Waals surface area contributed by atoms with Gasteiger partial charge in [-0.05, 0) is 70.9 Å². The lowest BCUT2D eigenvalue weighted by Gasteiger charge is -2.26. The van der Waals surface area contributed by atoms with E-state index in [1.807, 2.05) is 45.3 Å². The number of carbonyl (C=O) groups excluding carboxylic acids is 1. The zero-order valence-corrected chi connectivity index (χ0v) is 17.8. The maximum Gasteiger partial charge on any atom is 0.229 e. The summed E-state index contributed by atoms with van der Waals surface area (Å²) in [7, 11) is 0. The number of amides is 1. The molecule has 3 aromatic rings. The first-order valence-electron chi connectivity index (χ1n) is 9.67. The van der Waals surface area contributed by atoms with Gasteiger partial charge in [0.05, 0.1) is 23.1 Å². The molecule has 0 bridgehead atoms. The first kappa shape index (κ1) is 21.0. The summed E-state index contributed by atoms with van der Waals surface area (Å²) >= 11 is 0. The van der Waals surface area contributed by atoms with E-state index in [4.69, 9.17) is 0 Å². The molecule has 1 aromatic heterocycles. The number of aliphatic hydroxyl groups is 1. The van der Waals surface area contributed by atoms with E-state index >= 15 is 0 Å². The fraction of sp³-hybridized carbons (Fsp3) is 0.391. The van der Waals surface area contributed by atoms with E-state index in [2.05, 4.69) is 16.4 Å². The maximum atomic E-state index is 14.1. The van der Waals surface area contributed by atoms with Crippen molar-refractivity contribution in [2.75, 3.05) is 5.32 Å². The minimum Gasteiger partial charge on any atom is -0.385 e. The van der Waals surface area contributed by atoms with Gasteiger partial charge in [0.25, 0.3) is 0 Å². The molecule has 29 heavy (non-hydrogen) atoms. The highest BCUT2D eigenvalue weighted by Crippen LogP contribution is 2.31. The molecule has 0 aliphatic carbocycles. The van der Waals surface area contributed by atoms with Crippen molar-refractivity contribution in [2.24, 2.45) is 0 Å². The van der Waals surface area contributed by atoms with Gasteiger partial charge in [-0.2, -0.15) is 0 Å². The van der Waals surface area contributed by atoms with Crippen LogP contribution in [0.5, 0.6) is 0 Å². The van der Waals surface area contributed by atoms with Gasteiger partial charge in [-0.25, -0.2) is 9.37 Å². The molecule has 6 heteroatoms. The molecule has 3 rings (SSSR count). The molecule has 0 radical (unpaired) electrons. The molecule has 0 unspecified atom stereocenters. The number of anilines is 1. The average molecular weight is 397 g/mol. The standard InChI is InChI=1S/C23H28FN3O2/c1-14-11-18-19(12-15(14)2)27(22(3,4)5)21(25-18)26-20(28)13-23(6,29)16-9-7-8-10-17(16)24/h7-12,29H,13H2,1-6H3,(H,25,26,28)/t23-/m0/s1. The zero-order chi connectivity index (χ0) is 21.6. The van der Waals surface area contributed by atoms with E-state index in [9.17, 15) is 14.3 Å². The second-order valence-corrected chi connectivity index (χ2v) is 8.85. The number of hydrogen-bond acceptors (Lipinski definition) is 3. The third-order valence-electron chi connectivity index (χ3n) is 5.15. The van der Waals surface area contributed by atoms with Crippen molar-refractivity contribution in [1.82, 2.24) is 9.55 Å². The van der Waals surface area contributed by atoms with Gasteiger partial charge in [-0.15, -0.1) is 0 Å². The summed E-state index contributed by atoms with van der Waals surface area (Å²) in [5.74, 6) is -0.572. The summed E-state index contributed by atoms with van der Waals surface area (Å²) < 4.78 is 16.1. The van der Waals surface area contributed by atoms with Crippen LogP contribution < -0.4 is 5.32 Å². The van der Waals surface area contributed by atoms with E-state index in [1.54, 1.807) is 12.1 Å². The highest BCUT2D eigenvalue weighted by Gasteiger charge is 2.31. The molecule has 1 atom stereocenters. The molecule has 1 amide bonds. The van der Waals surface area contributed by atoms with E-state index < -0.39 is 17.3 Å².